The fourth-order valence-electron chi connectivity index (χ4n) is 1.03. The third-order valence-corrected chi connectivity index (χ3v) is 2.77. The average molecular weight is 290 g/mol. The number of unbranched alkanes of at least 4 members (excludes halogenated alkanes) is 1. The number of carbonyl (C=O) groups excluding carboxylic acids is 2. The van der Waals surface area contributed by atoms with E-state index in [1.165, 1.54) is 0 Å². The third kappa shape index (κ3) is 10.8. The van der Waals surface area contributed by atoms with E-state index in [2.05, 4.69) is 9.78 Å². The number of hydrogen-bond donors (Lipinski definition) is 0. The van der Waals surface area contributed by atoms with Crippen LogP contribution in [-0.2, 0) is 29.1 Å². The van der Waals surface area contributed by atoms with Crippen molar-refractivity contribution in [2.45, 2.75) is 78.4 Å². The van der Waals surface area contributed by atoms with Crippen LogP contribution >= 0.6 is 0 Å². The molecule has 0 amide bonds. The van der Waals surface area contributed by atoms with Crippen molar-refractivity contribution < 1.29 is 29.1 Å². The summed E-state index contributed by atoms with van der Waals surface area (Å²) in [5.41, 5.74) is 0. The van der Waals surface area contributed by atoms with Gasteiger partial charge in [-0.2, -0.15) is 9.78 Å². The smallest absolute Gasteiger partial charge is 0.298 e. The summed E-state index contributed by atoms with van der Waals surface area (Å²) >= 11 is 0. The van der Waals surface area contributed by atoms with E-state index in [1.54, 1.807) is 0 Å². The van der Waals surface area contributed by atoms with Gasteiger partial charge in [0, 0.05) is 12.8 Å². The van der Waals surface area contributed by atoms with E-state index >= 15 is 0 Å². The second kappa shape index (κ2) is 11.7. The van der Waals surface area contributed by atoms with Gasteiger partial charge in [0.2, 0.25) is 0 Å². The SMILES string of the molecule is CCC(C)OOC(=O)CCCCC(=O)OOC(C)CC. The van der Waals surface area contributed by atoms with Crippen molar-refractivity contribution in [3.05, 3.63) is 0 Å². The first-order valence-corrected chi connectivity index (χ1v) is 7.21. The van der Waals surface area contributed by atoms with Gasteiger partial charge in [0.1, 0.15) is 12.2 Å². The molecule has 0 N–H and O–H groups in total. The monoisotopic (exact) mass is 290 g/mol. The standard InChI is InChI=1S/C14H26O6/c1-5-11(3)17-19-13(15)9-7-8-10-14(16)20-18-12(4)6-2/h11-12H,5-10H2,1-4H3. The minimum absolute atomic E-state index is 0.105. The third-order valence-electron chi connectivity index (χ3n) is 2.77. The Labute approximate surface area is 120 Å². The maximum atomic E-state index is 11.3. The highest BCUT2D eigenvalue weighted by atomic mass is 17.2. The Morgan fingerprint density at radius 1 is 0.800 bits per heavy atom. The number of hydrogen-bond acceptors (Lipinski definition) is 6. The van der Waals surface area contributed by atoms with Crippen molar-refractivity contribution in [2.24, 2.45) is 0 Å². The maximum Gasteiger partial charge on any atom is 0.342 e. The van der Waals surface area contributed by atoms with Crippen LogP contribution in [0, 0.1) is 0 Å². The molecule has 0 saturated heterocycles. The summed E-state index contributed by atoms with van der Waals surface area (Å²) < 4.78 is 0. The Morgan fingerprint density at radius 3 is 1.45 bits per heavy atom. The van der Waals surface area contributed by atoms with Crippen LogP contribution in [0.3, 0.4) is 0 Å². The number of carbonyl (C=O) groups is 2. The zero-order chi connectivity index (χ0) is 15.4. The van der Waals surface area contributed by atoms with Crippen LogP contribution in [0.15, 0.2) is 0 Å². The molecule has 0 bridgehead atoms. The van der Waals surface area contributed by atoms with Crippen molar-refractivity contribution in [1.82, 2.24) is 0 Å². The normalized spacial score (nSPS) is 13.6. The van der Waals surface area contributed by atoms with Crippen molar-refractivity contribution in [2.75, 3.05) is 0 Å². The van der Waals surface area contributed by atoms with Gasteiger partial charge in [-0.25, -0.2) is 9.59 Å². The van der Waals surface area contributed by atoms with Crippen LogP contribution in [0.2, 0.25) is 0 Å². The quantitative estimate of drug-likeness (QED) is 0.331. The molecular formula is C14H26O6. The van der Waals surface area contributed by atoms with Crippen molar-refractivity contribution in [3.8, 4) is 0 Å². The summed E-state index contributed by atoms with van der Waals surface area (Å²) in [7, 11) is 0. The van der Waals surface area contributed by atoms with Gasteiger partial charge in [-0.05, 0) is 39.5 Å². The van der Waals surface area contributed by atoms with Crippen molar-refractivity contribution in [3.63, 3.8) is 0 Å². The fraction of sp³-hybridized carbons (Fsp3) is 0.857. The first kappa shape index (κ1) is 18.9. The highest BCUT2D eigenvalue weighted by Gasteiger charge is 2.10. The van der Waals surface area contributed by atoms with Crippen LogP contribution in [0.4, 0.5) is 0 Å². The van der Waals surface area contributed by atoms with Gasteiger partial charge < -0.3 is 0 Å². The Morgan fingerprint density at radius 2 is 1.15 bits per heavy atom. The molecule has 2 unspecified atom stereocenters. The fourth-order valence-corrected chi connectivity index (χ4v) is 1.03. The molecule has 6 heteroatoms. The molecular weight excluding hydrogens is 264 g/mol. The van der Waals surface area contributed by atoms with E-state index < -0.39 is 11.9 Å². The summed E-state index contributed by atoms with van der Waals surface area (Å²) in [5.74, 6) is -0.843. The zero-order valence-corrected chi connectivity index (χ0v) is 12.8. The first-order valence-electron chi connectivity index (χ1n) is 7.21. The van der Waals surface area contributed by atoms with E-state index in [-0.39, 0.29) is 25.0 Å². The molecule has 0 aromatic carbocycles. The Kier molecular flexibility index (Phi) is 11.0. The van der Waals surface area contributed by atoms with Crippen LogP contribution in [0.25, 0.3) is 0 Å². The molecule has 0 aromatic rings. The number of rotatable bonds is 11. The predicted molar refractivity (Wildman–Crippen MR) is 72.3 cm³/mol. The lowest BCUT2D eigenvalue weighted by molar-refractivity contribution is -0.296. The summed E-state index contributed by atoms with van der Waals surface area (Å²) in [6.07, 6.45) is 2.86. The van der Waals surface area contributed by atoms with Gasteiger partial charge in [-0.1, -0.05) is 13.8 Å². The molecule has 0 rings (SSSR count). The minimum atomic E-state index is -0.422. The first-order chi connectivity index (χ1) is 9.49. The molecule has 6 nitrogen and oxygen atoms in total. The van der Waals surface area contributed by atoms with Gasteiger partial charge in [0.15, 0.2) is 0 Å². The highest BCUT2D eigenvalue weighted by molar-refractivity contribution is 5.69. The molecule has 0 radical (unpaired) electrons. The Bertz CT molecular complexity index is 251. The molecule has 0 aliphatic heterocycles. The molecule has 0 aliphatic rings. The van der Waals surface area contributed by atoms with Gasteiger partial charge in [0.25, 0.3) is 0 Å². The van der Waals surface area contributed by atoms with Crippen LogP contribution in [0.1, 0.15) is 66.2 Å². The Hall–Kier alpha value is -1.14. The van der Waals surface area contributed by atoms with E-state index in [9.17, 15) is 9.59 Å². The highest BCUT2D eigenvalue weighted by Crippen LogP contribution is 2.06. The molecule has 0 saturated carbocycles. The second-order valence-corrected chi connectivity index (χ2v) is 4.75. The largest absolute Gasteiger partial charge is 0.342 e. The summed E-state index contributed by atoms with van der Waals surface area (Å²) in [5, 5.41) is 0. The topological polar surface area (TPSA) is 71.1 Å². The van der Waals surface area contributed by atoms with Gasteiger partial charge >= 0.3 is 11.9 Å². The second-order valence-electron chi connectivity index (χ2n) is 4.75. The Balaban J connectivity index is 3.51. The van der Waals surface area contributed by atoms with Crippen LogP contribution < -0.4 is 0 Å². The summed E-state index contributed by atoms with van der Waals surface area (Å²) in [6, 6.07) is 0. The molecule has 0 heterocycles. The van der Waals surface area contributed by atoms with Crippen LogP contribution in [-0.4, -0.2) is 24.1 Å². The van der Waals surface area contributed by atoms with E-state index in [4.69, 9.17) is 9.78 Å². The van der Waals surface area contributed by atoms with E-state index in [0.29, 0.717) is 12.8 Å². The molecule has 0 fully saturated rings. The molecule has 0 spiro atoms. The zero-order valence-electron chi connectivity index (χ0n) is 12.8. The lowest BCUT2D eigenvalue weighted by Crippen LogP contribution is -2.13. The lowest BCUT2D eigenvalue weighted by atomic mass is 10.2. The molecule has 2 atom stereocenters. The summed E-state index contributed by atoms with van der Waals surface area (Å²) in [6.45, 7) is 7.51. The molecule has 20 heavy (non-hydrogen) atoms. The van der Waals surface area contributed by atoms with Crippen LogP contribution in [0.5, 0.6) is 0 Å². The predicted octanol–water partition coefficient (Wildman–Crippen LogP) is 3.09. The molecule has 0 aliphatic carbocycles. The van der Waals surface area contributed by atoms with Crippen molar-refractivity contribution in [1.29, 1.82) is 0 Å². The minimum Gasteiger partial charge on any atom is -0.298 e. The van der Waals surface area contributed by atoms with Gasteiger partial charge in [-0.15, -0.1) is 0 Å². The van der Waals surface area contributed by atoms with E-state index in [0.717, 1.165) is 12.8 Å². The average Bonchev–Trinajstić information content (AvgIpc) is 2.46. The lowest BCUT2D eigenvalue weighted by Gasteiger charge is -2.09. The molecule has 0 aromatic heterocycles. The van der Waals surface area contributed by atoms with Gasteiger partial charge in [0.05, 0.1) is 0 Å². The van der Waals surface area contributed by atoms with Gasteiger partial charge in [-0.3, -0.25) is 9.78 Å². The van der Waals surface area contributed by atoms with E-state index in [1.807, 2.05) is 27.7 Å². The summed E-state index contributed by atoms with van der Waals surface area (Å²) in [4.78, 5) is 41.5. The molecule has 118 valence electrons. The van der Waals surface area contributed by atoms with Crippen molar-refractivity contribution >= 4 is 11.9 Å². The maximum absolute atomic E-state index is 11.3.